The molecule has 0 aliphatic rings. The number of benzene rings is 2. The molecule has 0 N–H and O–H groups in total. The van der Waals surface area contributed by atoms with Crippen LogP contribution in [0.5, 0.6) is 5.75 Å². The third kappa shape index (κ3) is 4.91. The number of nitrogens with zero attached hydrogens (tertiary/aromatic N) is 2. The van der Waals surface area contributed by atoms with Gasteiger partial charge in [0.25, 0.3) is 5.22 Å². The monoisotopic (exact) mass is 390 g/mol. The number of alkyl halides is 2. The van der Waals surface area contributed by atoms with Crippen LogP contribution >= 0.6 is 11.8 Å². The van der Waals surface area contributed by atoms with E-state index in [0.29, 0.717) is 11.5 Å². The molecule has 27 heavy (non-hydrogen) atoms. The summed E-state index contributed by atoms with van der Waals surface area (Å²) in [6.45, 7) is 0.797. The Labute approximate surface area is 158 Å². The van der Waals surface area contributed by atoms with Gasteiger partial charge in [0.2, 0.25) is 5.89 Å². The highest BCUT2D eigenvalue weighted by Gasteiger charge is 2.20. The van der Waals surface area contributed by atoms with E-state index in [4.69, 9.17) is 4.42 Å². The lowest BCUT2D eigenvalue weighted by Gasteiger charge is -2.09. The number of ketones is 1. The Morgan fingerprint density at radius 1 is 1.07 bits per heavy atom. The predicted octanol–water partition coefficient (Wildman–Crippen LogP) is 5.01. The van der Waals surface area contributed by atoms with E-state index in [-0.39, 0.29) is 16.8 Å². The number of halogens is 2. The first kappa shape index (κ1) is 19.0. The van der Waals surface area contributed by atoms with Gasteiger partial charge in [-0.05, 0) is 50.2 Å². The number of rotatable bonds is 7. The number of thioether (sulfide) groups is 1. The zero-order chi connectivity index (χ0) is 19.4. The molecule has 140 valence electrons. The summed E-state index contributed by atoms with van der Waals surface area (Å²) in [6, 6.07) is 13.2. The number of Topliss-reactive ketones (excluding diaryl/α,β-unsaturated/α-hetero) is 1. The molecule has 3 aromatic rings. The minimum absolute atomic E-state index is 0.00139. The smallest absolute Gasteiger partial charge is 0.387 e. The molecule has 1 heterocycles. The fourth-order valence-electron chi connectivity index (χ4n) is 2.31. The van der Waals surface area contributed by atoms with Crippen LogP contribution in [0.4, 0.5) is 8.78 Å². The van der Waals surface area contributed by atoms with Crippen LogP contribution in [0.1, 0.15) is 22.8 Å². The third-order valence-electron chi connectivity index (χ3n) is 3.72. The molecule has 0 saturated heterocycles. The van der Waals surface area contributed by atoms with Crippen molar-refractivity contribution in [1.29, 1.82) is 0 Å². The molecular weight excluding hydrogens is 374 g/mol. The Hall–Kier alpha value is -2.74. The largest absolute Gasteiger partial charge is 0.435 e. The van der Waals surface area contributed by atoms with E-state index >= 15 is 0 Å². The predicted molar refractivity (Wildman–Crippen MR) is 97.2 cm³/mol. The Morgan fingerprint density at radius 3 is 2.37 bits per heavy atom. The summed E-state index contributed by atoms with van der Waals surface area (Å²) in [6.07, 6.45) is 0. The van der Waals surface area contributed by atoms with Gasteiger partial charge in [-0.1, -0.05) is 29.5 Å². The van der Waals surface area contributed by atoms with Crippen molar-refractivity contribution in [2.24, 2.45) is 0 Å². The molecule has 0 saturated carbocycles. The molecule has 0 spiro atoms. The number of hydrogen-bond donors (Lipinski definition) is 0. The van der Waals surface area contributed by atoms with Crippen LogP contribution in [0.2, 0.25) is 0 Å². The maximum absolute atomic E-state index is 12.5. The van der Waals surface area contributed by atoms with E-state index in [9.17, 15) is 13.6 Å². The molecule has 2 aromatic carbocycles. The number of carbonyl (C=O) groups excluding carboxylic acids is 1. The van der Waals surface area contributed by atoms with Gasteiger partial charge in [-0.15, -0.1) is 10.2 Å². The average Bonchev–Trinajstić information content (AvgIpc) is 3.10. The normalized spacial score (nSPS) is 12.2. The first-order chi connectivity index (χ1) is 12.9. The summed E-state index contributed by atoms with van der Waals surface area (Å²) in [5.74, 6) is 0.200. The van der Waals surface area contributed by atoms with Crippen LogP contribution in [-0.2, 0) is 0 Å². The van der Waals surface area contributed by atoms with Gasteiger partial charge in [0.1, 0.15) is 5.75 Å². The van der Waals surface area contributed by atoms with E-state index in [1.54, 1.807) is 6.92 Å². The van der Waals surface area contributed by atoms with Gasteiger partial charge in [0, 0.05) is 11.1 Å². The molecule has 0 unspecified atom stereocenters. The van der Waals surface area contributed by atoms with Crippen molar-refractivity contribution in [3.63, 3.8) is 0 Å². The van der Waals surface area contributed by atoms with Crippen molar-refractivity contribution < 1.29 is 22.7 Å². The van der Waals surface area contributed by atoms with Crippen LogP contribution in [-0.4, -0.2) is 27.8 Å². The number of aryl methyl sites for hydroxylation is 1. The summed E-state index contributed by atoms with van der Waals surface area (Å²) in [5, 5.41) is 7.77. The fourth-order valence-corrected chi connectivity index (χ4v) is 3.07. The second-order valence-electron chi connectivity index (χ2n) is 5.77. The van der Waals surface area contributed by atoms with Crippen molar-refractivity contribution in [1.82, 2.24) is 10.2 Å². The quantitative estimate of drug-likeness (QED) is 0.417. The second-order valence-corrected chi connectivity index (χ2v) is 7.06. The molecule has 1 aromatic heterocycles. The lowest BCUT2D eigenvalue weighted by Crippen LogP contribution is -2.13. The second kappa shape index (κ2) is 8.30. The Bertz CT molecular complexity index is 911. The standard InChI is InChI=1S/C19H16F2N2O3S/c1-11-3-5-14(6-4-11)17-22-23-19(26-17)27-12(2)16(24)13-7-9-15(10-8-13)25-18(20)21/h3-10,12,18H,1-2H3/t12-/m1/s1. The van der Waals surface area contributed by atoms with E-state index < -0.39 is 11.9 Å². The van der Waals surface area contributed by atoms with Gasteiger partial charge in [0.05, 0.1) is 5.25 Å². The minimum atomic E-state index is -2.90. The number of hydrogen-bond acceptors (Lipinski definition) is 6. The summed E-state index contributed by atoms with van der Waals surface area (Å²) >= 11 is 1.14. The van der Waals surface area contributed by atoms with E-state index in [1.165, 1.54) is 24.3 Å². The molecule has 0 fully saturated rings. The first-order valence-corrected chi connectivity index (χ1v) is 8.96. The molecule has 5 nitrogen and oxygen atoms in total. The van der Waals surface area contributed by atoms with Gasteiger partial charge in [-0.25, -0.2) is 0 Å². The van der Waals surface area contributed by atoms with Gasteiger partial charge >= 0.3 is 6.61 Å². The molecule has 0 radical (unpaired) electrons. The van der Waals surface area contributed by atoms with Crippen LogP contribution in [0.3, 0.4) is 0 Å². The molecule has 0 bridgehead atoms. The van der Waals surface area contributed by atoms with Crippen LogP contribution in [0.25, 0.3) is 11.5 Å². The summed E-state index contributed by atoms with van der Waals surface area (Å²) < 4.78 is 34.2. The molecular formula is C19H16F2N2O3S. The third-order valence-corrected chi connectivity index (χ3v) is 4.65. The maximum Gasteiger partial charge on any atom is 0.387 e. The molecule has 1 atom stereocenters. The highest BCUT2D eigenvalue weighted by molar-refractivity contribution is 8.00. The van der Waals surface area contributed by atoms with Crippen molar-refractivity contribution in [2.45, 2.75) is 30.9 Å². The van der Waals surface area contributed by atoms with Crippen LogP contribution in [0.15, 0.2) is 58.2 Å². The highest BCUT2D eigenvalue weighted by Crippen LogP contribution is 2.28. The van der Waals surface area contributed by atoms with Crippen molar-refractivity contribution in [2.75, 3.05) is 0 Å². The van der Waals surface area contributed by atoms with Crippen molar-refractivity contribution in [3.8, 4) is 17.2 Å². The van der Waals surface area contributed by atoms with Crippen molar-refractivity contribution >= 4 is 17.5 Å². The molecule has 0 aliphatic carbocycles. The van der Waals surface area contributed by atoms with Crippen LogP contribution in [0, 0.1) is 6.92 Å². The number of carbonyl (C=O) groups is 1. The Kier molecular flexibility index (Phi) is 5.85. The molecule has 0 amide bonds. The van der Waals surface area contributed by atoms with E-state index in [0.717, 1.165) is 22.9 Å². The first-order valence-electron chi connectivity index (χ1n) is 8.08. The molecule has 0 aliphatic heterocycles. The Morgan fingerprint density at radius 2 is 1.74 bits per heavy atom. The van der Waals surface area contributed by atoms with Crippen molar-refractivity contribution in [3.05, 3.63) is 59.7 Å². The number of ether oxygens (including phenoxy) is 1. The van der Waals surface area contributed by atoms with Gasteiger partial charge in [-0.3, -0.25) is 4.79 Å². The van der Waals surface area contributed by atoms with Gasteiger partial charge in [0.15, 0.2) is 5.78 Å². The zero-order valence-electron chi connectivity index (χ0n) is 14.6. The fraction of sp³-hybridized carbons (Fsp3) is 0.211. The minimum Gasteiger partial charge on any atom is -0.435 e. The molecule has 3 rings (SSSR count). The van der Waals surface area contributed by atoms with Gasteiger partial charge < -0.3 is 9.15 Å². The SMILES string of the molecule is Cc1ccc(-c2nnc(S[C@H](C)C(=O)c3ccc(OC(F)F)cc3)o2)cc1. The average molecular weight is 390 g/mol. The number of aromatic nitrogens is 2. The van der Waals surface area contributed by atoms with Gasteiger partial charge in [-0.2, -0.15) is 8.78 Å². The Balaban J connectivity index is 1.65. The summed E-state index contributed by atoms with van der Waals surface area (Å²) in [4.78, 5) is 12.5. The molecule has 8 heteroatoms. The topological polar surface area (TPSA) is 65.2 Å². The summed E-state index contributed by atoms with van der Waals surface area (Å²) in [7, 11) is 0. The van der Waals surface area contributed by atoms with Crippen LogP contribution < -0.4 is 4.74 Å². The zero-order valence-corrected chi connectivity index (χ0v) is 15.4. The lowest BCUT2D eigenvalue weighted by molar-refractivity contribution is -0.0498. The maximum atomic E-state index is 12.5. The summed E-state index contributed by atoms with van der Waals surface area (Å²) in [5.41, 5.74) is 2.31. The van der Waals surface area contributed by atoms with E-state index in [2.05, 4.69) is 14.9 Å². The highest BCUT2D eigenvalue weighted by atomic mass is 32.2. The van der Waals surface area contributed by atoms with E-state index in [1.807, 2.05) is 31.2 Å². The lowest BCUT2D eigenvalue weighted by atomic mass is 10.1.